The number of ether oxygens (including phenoxy) is 1. The summed E-state index contributed by atoms with van der Waals surface area (Å²) >= 11 is 3.45. The molecule has 0 spiro atoms. The van der Waals surface area contributed by atoms with E-state index in [1.807, 2.05) is 36.4 Å². The van der Waals surface area contributed by atoms with Crippen LogP contribution in [0.4, 0.5) is 0 Å². The Hall–Kier alpha value is -1.79. The monoisotopic (exact) mass is 371 g/mol. The lowest BCUT2D eigenvalue weighted by molar-refractivity contribution is 0.304. The third-order valence-corrected chi connectivity index (χ3v) is 4.31. The molecule has 0 atom stereocenters. The molecule has 0 N–H and O–H groups in total. The average Bonchev–Trinajstić information content (AvgIpc) is 2.61. The van der Waals surface area contributed by atoms with Gasteiger partial charge in [-0.1, -0.05) is 59.5 Å². The zero-order chi connectivity index (χ0) is 16.3. The summed E-state index contributed by atoms with van der Waals surface area (Å²) in [5, 5.41) is 9.94. The molecule has 2 aromatic rings. The number of halogens is 1. The van der Waals surface area contributed by atoms with E-state index in [1.165, 1.54) is 25.7 Å². The summed E-state index contributed by atoms with van der Waals surface area (Å²) in [7, 11) is 0. The summed E-state index contributed by atoms with van der Waals surface area (Å²) in [6, 6.07) is 17.9. The molecule has 0 fully saturated rings. The molecule has 23 heavy (non-hydrogen) atoms. The fraction of sp³-hybridized carbons (Fsp3) is 0.350. The highest BCUT2D eigenvalue weighted by Crippen LogP contribution is 2.23. The van der Waals surface area contributed by atoms with Crippen LogP contribution in [0, 0.1) is 11.3 Å². The van der Waals surface area contributed by atoms with Gasteiger partial charge in [0.2, 0.25) is 0 Å². The van der Waals surface area contributed by atoms with Crippen molar-refractivity contribution in [3.63, 3.8) is 0 Å². The van der Waals surface area contributed by atoms with Gasteiger partial charge in [-0.3, -0.25) is 0 Å². The Kier molecular flexibility index (Phi) is 7.69. The van der Waals surface area contributed by atoms with E-state index in [0.717, 1.165) is 35.2 Å². The Balaban J connectivity index is 1.77. The zero-order valence-corrected chi connectivity index (χ0v) is 14.9. The maximum Gasteiger partial charge on any atom is 0.119 e. The van der Waals surface area contributed by atoms with E-state index in [0.29, 0.717) is 5.56 Å². The first kappa shape index (κ1) is 17.6. The number of benzene rings is 2. The van der Waals surface area contributed by atoms with E-state index in [-0.39, 0.29) is 0 Å². The van der Waals surface area contributed by atoms with Crippen LogP contribution in [-0.4, -0.2) is 11.9 Å². The van der Waals surface area contributed by atoms with Gasteiger partial charge in [0, 0.05) is 5.33 Å². The predicted octanol–water partition coefficient (Wildman–Crippen LogP) is 5.95. The number of unbranched alkanes of at least 4 members (excludes halogenated alkanes) is 4. The molecule has 0 heterocycles. The van der Waals surface area contributed by atoms with Crippen molar-refractivity contribution in [2.24, 2.45) is 0 Å². The number of hydrogen-bond acceptors (Lipinski definition) is 2. The molecule has 0 aliphatic rings. The molecule has 0 bridgehead atoms. The highest BCUT2D eigenvalue weighted by Gasteiger charge is 2.00. The summed E-state index contributed by atoms with van der Waals surface area (Å²) in [6.45, 7) is 0.782. The number of nitriles is 1. The molecule has 2 aromatic carbocycles. The Morgan fingerprint density at radius 2 is 1.35 bits per heavy atom. The molecule has 0 radical (unpaired) electrons. The molecule has 0 aliphatic heterocycles. The Morgan fingerprint density at radius 1 is 0.783 bits per heavy atom. The van der Waals surface area contributed by atoms with Gasteiger partial charge in [-0.25, -0.2) is 0 Å². The first-order chi connectivity index (χ1) is 11.3. The van der Waals surface area contributed by atoms with Crippen LogP contribution in [0.15, 0.2) is 48.5 Å². The Morgan fingerprint density at radius 3 is 1.96 bits per heavy atom. The Labute approximate surface area is 147 Å². The van der Waals surface area contributed by atoms with E-state index in [4.69, 9.17) is 10.00 Å². The molecule has 3 heteroatoms. The predicted molar refractivity (Wildman–Crippen MR) is 99.0 cm³/mol. The minimum absolute atomic E-state index is 0.685. The van der Waals surface area contributed by atoms with Gasteiger partial charge in [0.05, 0.1) is 18.2 Å². The van der Waals surface area contributed by atoms with Crippen molar-refractivity contribution in [3.05, 3.63) is 54.1 Å². The van der Waals surface area contributed by atoms with Crippen molar-refractivity contribution in [1.82, 2.24) is 0 Å². The van der Waals surface area contributed by atoms with Crippen molar-refractivity contribution in [3.8, 4) is 22.9 Å². The normalized spacial score (nSPS) is 10.3. The van der Waals surface area contributed by atoms with Crippen LogP contribution in [-0.2, 0) is 0 Å². The second-order valence-electron chi connectivity index (χ2n) is 5.52. The van der Waals surface area contributed by atoms with Crippen LogP contribution in [0.5, 0.6) is 5.75 Å². The van der Waals surface area contributed by atoms with Crippen LogP contribution in [0.1, 0.15) is 37.7 Å². The lowest BCUT2D eigenvalue weighted by atomic mass is 10.0. The fourth-order valence-electron chi connectivity index (χ4n) is 2.40. The van der Waals surface area contributed by atoms with Gasteiger partial charge in [0.1, 0.15) is 5.75 Å². The van der Waals surface area contributed by atoms with Crippen molar-refractivity contribution < 1.29 is 4.74 Å². The van der Waals surface area contributed by atoms with Crippen LogP contribution in [0.3, 0.4) is 0 Å². The highest BCUT2D eigenvalue weighted by atomic mass is 79.9. The summed E-state index contributed by atoms with van der Waals surface area (Å²) in [4.78, 5) is 0. The summed E-state index contributed by atoms with van der Waals surface area (Å²) in [5.41, 5.74) is 2.93. The largest absolute Gasteiger partial charge is 0.494 e. The van der Waals surface area contributed by atoms with Crippen LogP contribution in [0.25, 0.3) is 11.1 Å². The summed E-state index contributed by atoms with van der Waals surface area (Å²) in [6.07, 6.45) is 6.19. The van der Waals surface area contributed by atoms with Gasteiger partial charge in [0.25, 0.3) is 0 Å². The quantitative estimate of drug-likeness (QED) is 0.403. The number of nitrogens with zero attached hydrogens (tertiary/aromatic N) is 1. The Bertz CT molecular complexity index is 614. The van der Waals surface area contributed by atoms with Gasteiger partial charge in [-0.2, -0.15) is 5.26 Å². The third-order valence-electron chi connectivity index (χ3n) is 3.75. The average molecular weight is 372 g/mol. The van der Waals surface area contributed by atoms with Gasteiger partial charge in [0.15, 0.2) is 0 Å². The first-order valence-corrected chi connectivity index (χ1v) is 9.25. The van der Waals surface area contributed by atoms with Crippen molar-refractivity contribution >= 4 is 15.9 Å². The molecule has 0 aromatic heterocycles. The second kappa shape index (κ2) is 10.1. The summed E-state index contributed by atoms with van der Waals surface area (Å²) < 4.78 is 5.79. The molecular formula is C20H22BrNO. The van der Waals surface area contributed by atoms with E-state index in [9.17, 15) is 0 Å². The van der Waals surface area contributed by atoms with E-state index >= 15 is 0 Å². The lowest BCUT2D eigenvalue weighted by Gasteiger charge is -2.07. The van der Waals surface area contributed by atoms with E-state index in [1.54, 1.807) is 0 Å². The number of hydrogen-bond donors (Lipinski definition) is 0. The zero-order valence-electron chi connectivity index (χ0n) is 13.3. The second-order valence-corrected chi connectivity index (χ2v) is 6.31. The SMILES string of the molecule is N#Cc1ccc(-c2ccc(OCCCCCCCBr)cc2)cc1. The number of rotatable bonds is 9. The molecular weight excluding hydrogens is 350 g/mol. The van der Waals surface area contributed by atoms with Gasteiger partial charge >= 0.3 is 0 Å². The highest BCUT2D eigenvalue weighted by molar-refractivity contribution is 9.09. The van der Waals surface area contributed by atoms with Gasteiger partial charge in [-0.15, -0.1) is 0 Å². The maximum atomic E-state index is 8.83. The molecule has 0 saturated carbocycles. The fourth-order valence-corrected chi connectivity index (χ4v) is 2.79. The summed E-state index contributed by atoms with van der Waals surface area (Å²) in [5.74, 6) is 0.919. The topological polar surface area (TPSA) is 33.0 Å². The van der Waals surface area contributed by atoms with Crippen molar-refractivity contribution in [2.45, 2.75) is 32.1 Å². The third kappa shape index (κ3) is 6.08. The smallest absolute Gasteiger partial charge is 0.119 e. The van der Waals surface area contributed by atoms with E-state index in [2.05, 4.69) is 34.1 Å². The molecule has 0 unspecified atom stereocenters. The molecule has 2 nitrogen and oxygen atoms in total. The lowest BCUT2D eigenvalue weighted by Crippen LogP contribution is -1.97. The molecule has 0 amide bonds. The molecule has 0 saturated heterocycles. The molecule has 0 aliphatic carbocycles. The van der Waals surface area contributed by atoms with Crippen LogP contribution < -0.4 is 4.74 Å². The molecule has 2 rings (SSSR count). The van der Waals surface area contributed by atoms with Crippen molar-refractivity contribution in [2.75, 3.05) is 11.9 Å². The number of alkyl halides is 1. The van der Waals surface area contributed by atoms with Crippen LogP contribution in [0.2, 0.25) is 0 Å². The van der Waals surface area contributed by atoms with Gasteiger partial charge < -0.3 is 4.74 Å². The molecule has 120 valence electrons. The standard InChI is InChI=1S/C20H22BrNO/c21-14-4-2-1-3-5-15-23-20-12-10-19(11-13-20)18-8-6-17(16-22)7-9-18/h6-13H,1-5,14-15H2. The maximum absolute atomic E-state index is 8.83. The minimum atomic E-state index is 0.685. The van der Waals surface area contributed by atoms with Crippen molar-refractivity contribution in [1.29, 1.82) is 5.26 Å². The van der Waals surface area contributed by atoms with Gasteiger partial charge in [-0.05, 0) is 48.2 Å². The van der Waals surface area contributed by atoms with Crippen LogP contribution >= 0.6 is 15.9 Å². The first-order valence-electron chi connectivity index (χ1n) is 8.13. The van der Waals surface area contributed by atoms with E-state index < -0.39 is 0 Å². The minimum Gasteiger partial charge on any atom is -0.494 e.